The van der Waals surface area contributed by atoms with Crippen LogP contribution in [-0.2, 0) is 4.79 Å². The molecule has 1 aliphatic heterocycles. The zero-order chi connectivity index (χ0) is 20.1. The lowest BCUT2D eigenvalue weighted by Gasteiger charge is -2.13. The van der Waals surface area contributed by atoms with E-state index in [4.69, 9.17) is 9.47 Å². The number of thioether (sulfide) groups is 1. The van der Waals surface area contributed by atoms with Crippen molar-refractivity contribution >= 4 is 44.9 Å². The van der Waals surface area contributed by atoms with Gasteiger partial charge in [0.1, 0.15) is 18.1 Å². The van der Waals surface area contributed by atoms with Crippen LogP contribution in [0.15, 0.2) is 57.9 Å². The smallest absolute Gasteiger partial charge is 0.293 e. The minimum atomic E-state index is -0.301. The molecule has 1 saturated heterocycles. The maximum Gasteiger partial charge on any atom is 0.293 e. The van der Waals surface area contributed by atoms with Gasteiger partial charge in [-0.3, -0.25) is 14.5 Å². The van der Waals surface area contributed by atoms with Crippen LogP contribution in [0.2, 0.25) is 0 Å². The molecule has 0 saturated carbocycles. The first-order valence-electron chi connectivity index (χ1n) is 8.83. The predicted molar refractivity (Wildman–Crippen MR) is 115 cm³/mol. The van der Waals surface area contributed by atoms with Crippen LogP contribution in [0.3, 0.4) is 0 Å². The van der Waals surface area contributed by atoms with Crippen LogP contribution >= 0.6 is 27.7 Å². The Bertz CT molecular complexity index is 899. The molecule has 2 aromatic carbocycles. The summed E-state index contributed by atoms with van der Waals surface area (Å²) in [5.74, 6) is 1.14. The minimum absolute atomic E-state index is 0.0664. The summed E-state index contributed by atoms with van der Waals surface area (Å²) in [4.78, 5) is 26.4. The number of hydrogen-bond donors (Lipinski definition) is 0. The average Bonchev–Trinajstić information content (AvgIpc) is 2.92. The van der Waals surface area contributed by atoms with E-state index in [0.29, 0.717) is 10.7 Å². The third kappa shape index (κ3) is 5.17. The monoisotopic (exact) mass is 461 g/mol. The van der Waals surface area contributed by atoms with Crippen LogP contribution in [0.1, 0.15) is 19.4 Å². The number of nitrogens with zero attached hydrogens (tertiary/aromatic N) is 1. The summed E-state index contributed by atoms with van der Waals surface area (Å²) in [6.07, 6.45) is 1.78. The van der Waals surface area contributed by atoms with E-state index in [1.165, 1.54) is 4.90 Å². The molecular formula is C21H20BrNO4S. The van der Waals surface area contributed by atoms with Crippen LogP contribution in [-0.4, -0.2) is 35.3 Å². The van der Waals surface area contributed by atoms with E-state index >= 15 is 0 Å². The van der Waals surface area contributed by atoms with Crippen molar-refractivity contribution in [3.05, 3.63) is 63.5 Å². The van der Waals surface area contributed by atoms with Gasteiger partial charge < -0.3 is 9.47 Å². The van der Waals surface area contributed by atoms with Crippen molar-refractivity contribution in [2.75, 3.05) is 13.2 Å². The van der Waals surface area contributed by atoms with E-state index in [1.807, 2.05) is 62.4 Å². The molecule has 28 heavy (non-hydrogen) atoms. The predicted octanol–water partition coefficient (Wildman–Crippen LogP) is 5.35. The van der Waals surface area contributed by atoms with Gasteiger partial charge in [0.15, 0.2) is 0 Å². The Morgan fingerprint density at radius 3 is 2.57 bits per heavy atom. The van der Waals surface area contributed by atoms with Crippen molar-refractivity contribution in [1.29, 1.82) is 0 Å². The number of rotatable bonds is 7. The highest BCUT2D eigenvalue weighted by molar-refractivity contribution is 9.10. The molecule has 0 N–H and O–H groups in total. The topological polar surface area (TPSA) is 55.8 Å². The number of benzene rings is 2. The van der Waals surface area contributed by atoms with Gasteiger partial charge in [-0.15, -0.1) is 0 Å². The molecule has 0 aliphatic carbocycles. The molecule has 1 aliphatic rings. The third-order valence-corrected chi connectivity index (χ3v) is 5.34. The summed E-state index contributed by atoms with van der Waals surface area (Å²) in [7, 11) is 0. The van der Waals surface area contributed by atoms with Gasteiger partial charge in [0, 0.05) is 0 Å². The lowest BCUT2D eigenvalue weighted by Crippen LogP contribution is -2.32. The van der Waals surface area contributed by atoms with Gasteiger partial charge in [-0.1, -0.05) is 24.3 Å². The maximum absolute atomic E-state index is 12.6. The molecule has 5 nitrogen and oxygen atoms in total. The largest absolute Gasteiger partial charge is 0.492 e. The third-order valence-electron chi connectivity index (χ3n) is 3.82. The fourth-order valence-electron chi connectivity index (χ4n) is 2.57. The number of para-hydroxylation sites is 1. The Labute approximate surface area is 176 Å². The first-order valence-corrected chi connectivity index (χ1v) is 10.4. The van der Waals surface area contributed by atoms with Crippen molar-refractivity contribution in [3.8, 4) is 11.5 Å². The zero-order valence-electron chi connectivity index (χ0n) is 15.6. The summed E-state index contributed by atoms with van der Waals surface area (Å²) >= 11 is 4.42. The highest BCUT2D eigenvalue weighted by atomic mass is 79.9. The second-order valence-electron chi connectivity index (χ2n) is 6.35. The van der Waals surface area contributed by atoms with Gasteiger partial charge in [0.2, 0.25) is 0 Å². The van der Waals surface area contributed by atoms with Gasteiger partial charge in [-0.25, -0.2) is 0 Å². The molecule has 0 radical (unpaired) electrons. The molecule has 1 heterocycles. The Balaban J connectivity index is 1.64. The molecule has 0 aromatic heterocycles. The van der Waals surface area contributed by atoms with Crippen LogP contribution in [0.25, 0.3) is 6.08 Å². The van der Waals surface area contributed by atoms with Crippen LogP contribution in [0.4, 0.5) is 4.79 Å². The highest BCUT2D eigenvalue weighted by Crippen LogP contribution is 2.34. The number of ether oxygens (including phenoxy) is 2. The molecule has 1 fully saturated rings. The summed E-state index contributed by atoms with van der Waals surface area (Å²) in [6.45, 7) is 4.37. The quantitative estimate of drug-likeness (QED) is 0.520. The number of amides is 2. The molecule has 0 bridgehead atoms. The SMILES string of the molecule is CC(C)Oc1ccc(/C=C2\SC(=O)N(CCOc3ccccc3)C2=O)cc1Br. The molecule has 2 amide bonds. The maximum atomic E-state index is 12.6. The molecule has 0 unspecified atom stereocenters. The van der Waals surface area contributed by atoms with Crippen molar-refractivity contribution in [2.45, 2.75) is 20.0 Å². The lowest BCUT2D eigenvalue weighted by molar-refractivity contribution is -0.123. The molecule has 146 valence electrons. The Hall–Kier alpha value is -2.25. The van der Waals surface area contributed by atoms with E-state index in [2.05, 4.69) is 15.9 Å². The molecule has 7 heteroatoms. The van der Waals surface area contributed by atoms with E-state index < -0.39 is 0 Å². The first kappa shape index (κ1) is 20.5. The summed E-state index contributed by atoms with van der Waals surface area (Å²) in [6, 6.07) is 14.9. The van der Waals surface area contributed by atoms with Gasteiger partial charge in [-0.05, 0) is 77.4 Å². The van der Waals surface area contributed by atoms with E-state index in [0.717, 1.165) is 27.5 Å². The van der Waals surface area contributed by atoms with Crippen molar-refractivity contribution in [1.82, 2.24) is 4.90 Å². The van der Waals surface area contributed by atoms with Gasteiger partial charge in [0.05, 0.1) is 22.0 Å². The Morgan fingerprint density at radius 1 is 1.14 bits per heavy atom. The normalized spacial score (nSPS) is 15.6. The Kier molecular flexibility index (Phi) is 6.80. The summed E-state index contributed by atoms with van der Waals surface area (Å²) in [5.41, 5.74) is 0.814. The van der Waals surface area contributed by atoms with Gasteiger partial charge in [-0.2, -0.15) is 0 Å². The Morgan fingerprint density at radius 2 is 1.89 bits per heavy atom. The fourth-order valence-corrected chi connectivity index (χ4v) is 3.93. The van der Waals surface area contributed by atoms with E-state index in [9.17, 15) is 9.59 Å². The van der Waals surface area contributed by atoms with E-state index in [1.54, 1.807) is 6.08 Å². The van der Waals surface area contributed by atoms with Crippen molar-refractivity contribution in [2.24, 2.45) is 0 Å². The summed E-state index contributed by atoms with van der Waals surface area (Å²) < 4.78 is 12.1. The summed E-state index contributed by atoms with van der Waals surface area (Å²) in [5, 5.41) is -0.285. The van der Waals surface area contributed by atoms with Gasteiger partial charge >= 0.3 is 0 Å². The molecular weight excluding hydrogens is 442 g/mol. The van der Waals surface area contributed by atoms with Crippen LogP contribution in [0.5, 0.6) is 11.5 Å². The highest BCUT2D eigenvalue weighted by Gasteiger charge is 2.34. The van der Waals surface area contributed by atoms with E-state index in [-0.39, 0.29) is 30.4 Å². The molecule has 2 aromatic rings. The van der Waals surface area contributed by atoms with Crippen molar-refractivity contribution < 1.29 is 19.1 Å². The molecule has 0 spiro atoms. The standard InChI is InChI=1S/C21H20BrNO4S/c1-14(2)27-18-9-8-15(12-17(18)22)13-19-20(24)23(21(25)28-19)10-11-26-16-6-4-3-5-7-16/h3-9,12-14H,10-11H2,1-2H3/b19-13-. The average molecular weight is 462 g/mol. The lowest BCUT2D eigenvalue weighted by atomic mass is 10.2. The minimum Gasteiger partial charge on any atom is -0.492 e. The zero-order valence-corrected chi connectivity index (χ0v) is 18.0. The molecule has 0 atom stereocenters. The first-order chi connectivity index (χ1) is 13.4. The van der Waals surface area contributed by atoms with Crippen LogP contribution < -0.4 is 9.47 Å². The number of halogens is 1. The number of imide groups is 1. The van der Waals surface area contributed by atoms with Crippen molar-refractivity contribution in [3.63, 3.8) is 0 Å². The fraction of sp³-hybridized carbons (Fsp3) is 0.238. The second-order valence-corrected chi connectivity index (χ2v) is 8.20. The second kappa shape index (κ2) is 9.30. The number of hydrogen-bond acceptors (Lipinski definition) is 5. The number of carbonyl (C=O) groups is 2. The van der Waals surface area contributed by atoms with Gasteiger partial charge in [0.25, 0.3) is 11.1 Å². The molecule has 3 rings (SSSR count). The van der Waals surface area contributed by atoms with Crippen LogP contribution in [0, 0.1) is 0 Å². The number of carbonyl (C=O) groups excluding carboxylic acids is 2.